The quantitative estimate of drug-likeness (QED) is 0.317. The monoisotopic (exact) mass is 489 g/mol. The van der Waals surface area contributed by atoms with E-state index in [-0.39, 0.29) is 30.6 Å². The molecule has 3 aromatic heterocycles. The number of ketones is 1. The first kappa shape index (κ1) is 23.0. The molecule has 1 N–H and O–H groups in total. The Hall–Kier alpha value is -4.74. The molecule has 1 aliphatic rings. The van der Waals surface area contributed by atoms with Gasteiger partial charge in [0.25, 0.3) is 17.6 Å². The number of fused-ring (bicyclic) bond motifs is 1. The number of Topliss-reactive ketones (excluding diaryl/α,β-unsaturated/α-hetero) is 1. The maximum atomic E-state index is 13.3. The van der Waals surface area contributed by atoms with Gasteiger partial charge < -0.3 is 24.3 Å². The van der Waals surface area contributed by atoms with E-state index in [9.17, 15) is 14.4 Å². The number of hydrogen-bond donors (Lipinski definition) is 1. The van der Waals surface area contributed by atoms with Gasteiger partial charge in [-0.25, -0.2) is 4.98 Å². The van der Waals surface area contributed by atoms with Crippen molar-refractivity contribution in [2.45, 2.75) is 0 Å². The fourth-order valence-corrected chi connectivity index (χ4v) is 4.19. The Labute approximate surface area is 205 Å². The molecule has 0 unspecified atom stereocenters. The SMILES string of the molecule is COc1ncn(-c2ncc(OC)c3c(C(=O)C(=O)N4CCN(C(=O)c5ccccc5)CC4)c[nH]c23)n1. The number of methoxy groups -OCH3 is 2. The van der Waals surface area contributed by atoms with E-state index in [4.69, 9.17) is 9.47 Å². The summed E-state index contributed by atoms with van der Waals surface area (Å²) in [5.74, 6) is -0.737. The molecule has 5 rings (SSSR count). The highest BCUT2D eigenvalue weighted by atomic mass is 16.5. The van der Waals surface area contributed by atoms with Crippen molar-refractivity contribution in [1.29, 1.82) is 0 Å². The van der Waals surface area contributed by atoms with Gasteiger partial charge in [0.05, 0.1) is 36.9 Å². The van der Waals surface area contributed by atoms with Crippen molar-refractivity contribution < 1.29 is 23.9 Å². The maximum absolute atomic E-state index is 13.3. The number of nitrogens with one attached hydrogen (secondary N) is 1. The Morgan fingerprint density at radius 2 is 1.67 bits per heavy atom. The van der Waals surface area contributed by atoms with Gasteiger partial charge in [-0.2, -0.15) is 9.67 Å². The zero-order valence-electron chi connectivity index (χ0n) is 19.7. The molecule has 36 heavy (non-hydrogen) atoms. The fourth-order valence-electron chi connectivity index (χ4n) is 4.19. The van der Waals surface area contributed by atoms with Gasteiger partial charge in [-0.05, 0) is 12.1 Å². The molecule has 2 amide bonds. The van der Waals surface area contributed by atoms with Gasteiger partial charge >= 0.3 is 6.01 Å². The number of aromatic nitrogens is 5. The van der Waals surface area contributed by atoms with Crippen LogP contribution in [0.15, 0.2) is 49.1 Å². The molecular weight excluding hydrogens is 466 g/mol. The second-order valence-corrected chi connectivity index (χ2v) is 8.06. The highest BCUT2D eigenvalue weighted by molar-refractivity contribution is 6.45. The lowest BCUT2D eigenvalue weighted by Gasteiger charge is -2.34. The first-order chi connectivity index (χ1) is 17.5. The van der Waals surface area contributed by atoms with Crippen molar-refractivity contribution in [3.05, 3.63) is 60.2 Å². The van der Waals surface area contributed by atoms with Crippen molar-refractivity contribution in [2.75, 3.05) is 40.4 Å². The van der Waals surface area contributed by atoms with E-state index in [1.54, 1.807) is 29.2 Å². The van der Waals surface area contributed by atoms with Crippen LogP contribution in [0.25, 0.3) is 16.7 Å². The van der Waals surface area contributed by atoms with Crippen molar-refractivity contribution in [3.63, 3.8) is 0 Å². The Balaban J connectivity index is 1.37. The Bertz CT molecular complexity index is 1440. The summed E-state index contributed by atoms with van der Waals surface area (Å²) in [5.41, 5.74) is 1.20. The Kier molecular flexibility index (Phi) is 6.07. The molecule has 4 aromatic rings. The van der Waals surface area contributed by atoms with Crippen LogP contribution in [0.5, 0.6) is 11.8 Å². The third-order valence-corrected chi connectivity index (χ3v) is 6.06. The molecule has 184 valence electrons. The van der Waals surface area contributed by atoms with E-state index >= 15 is 0 Å². The van der Waals surface area contributed by atoms with Gasteiger partial charge in [-0.15, -0.1) is 5.10 Å². The number of rotatable bonds is 6. The molecule has 1 fully saturated rings. The number of nitrogens with zero attached hydrogens (tertiary/aromatic N) is 6. The zero-order valence-corrected chi connectivity index (χ0v) is 19.7. The van der Waals surface area contributed by atoms with Crippen LogP contribution in [0.2, 0.25) is 0 Å². The molecule has 0 bridgehead atoms. The minimum absolute atomic E-state index is 0.0971. The van der Waals surface area contributed by atoms with E-state index in [2.05, 4.69) is 20.1 Å². The van der Waals surface area contributed by atoms with Crippen molar-refractivity contribution in [3.8, 4) is 17.6 Å². The summed E-state index contributed by atoms with van der Waals surface area (Å²) in [7, 11) is 2.91. The maximum Gasteiger partial charge on any atom is 0.335 e. The van der Waals surface area contributed by atoms with Gasteiger partial charge in [0.1, 0.15) is 12.1 Å². The highest BCUT2D eigenvalue weighted by Gasteiger charge is 2.31. The van der Waals surface area contributed by atoms with Crippen LogP contribution in [0.3, 0.4) is 0 Å². The minimum Gasteiger partial charge on any atom is -0.494 e. The summed E-state index contributed by atoms with van der Waals surface area (Å²) in [6.07, 6.45) is 4.34. The molecule has 0 atom stereocenters. The van der Waals surface area contributed by atoms with Crippen LogP contribution in [0.1, 0.15) is 20.7 Å². The van der Waals surface area contributed by atoms with Crippen LogP contribution >= 0.6 is 0 Å². The number of hydrogen-bond acceptors (Lipinski definition) is 8. The summed E-state index contributed by atoms with van der Waals surface area (Å²) < 4.78 is 11.9. The number of H-pyrrole nitrogens is 1. The lowest BCUT2D eigenvalue weighted by Crippen LogP contribution is -2.52. The summed E-state index contributed by atoms with van der Waals surface area (Å²) in [5, 5.41) is 4.59. The lowest BCUT2D eigenvalue weighted by atomic mass is 10.1. The van der Waals surface area contributed by atoms with Crippen LogP contribution in [0, 0.1) is 0 Å². The first-order valence-electron chi connectivity index (χ1n) is 11.2. The molecule has 12 heteroatoms. The molecule has 0 spiro atoms. The van der Waals surface area contributed by atoms with Gasteiger partial charge in [0, 0.05) is 37.9 Å². The topological polar surface area (TPSA) is 136 Å². The molecule has 1 aliphatic heterocycles. The van der Waals surface area contributed by atoms with Crippen molar-refractivity contribution >= 4 is 28.5 Å². The molecule has 0 aliphatic carbocycles. The van der Waals surface area contributed by atoms with E-state index in [0.717, 1.165) is 0 Å². The predicted octanol–water partition coefficient (Wildman–Crippen LogP) is 1.33. The minimum atomic E-state index is -0.685. The third-order valence-electron chi connectivity index (χ3n) is 6.06. The highest BCUT2D eigenvalue weighted by Crippen LogP contribution is 2.32. The van der Waals surface area contributed by atoms with Crippen molar-refractivity contribution in [1.82, 2.24) is 34.5 Å². The number of amides is 2. The molecule has 4 heterocycles. The lowest BCUT2D eigenvalue weighted by molar-refractivity contribution is -0.127. The van der Waals surface area contributed by atoms with Crippen LogP contribution in [-0.2, 0) is 4.79 Å². The Morgan fingerprint density at radius 1 is 0.944 bits per heavy atom. The standard InChI is InChI=1S/C24H23N7O5/c1-35-17-13-26-21(31-14-27-24(28-31)36-2)19-18(17)16(12-25-19)20(32)23(34)30-10-8-29(9-11-30)22(33)15-6-4-3-5-7-15/h3-7,12-14,25H,8-11H2,1-2H3. The fraction of sp³-hybridized carbons (Fsp3) is 0.250. The predicted molar refractivity (Wildman–Crippen MR) is 127 cm³/mol. The normalized spacial score (nSPS) is 13.6. The average Bonchev–Trinajstić information content (AvgIpc) is 3.60. The van der Waals surface area contributed by atoms with E-state index in [1.165, 1.54) is 42.5 Å². The average molecular weight is 489 g/mol. The number of carbonyl (C=O) groups is 3. The van der Waals surface area contributed by atoms with Crippen LogP contribution < -0.4 is 9.47 Å². The summed E-state index contributed by atoms with van der Waals surface area (Å²) >= 11 is 0. The molecule has 0 saturated carbocycles. The van der Waals surface area contributed by atoms with Gasteiger partial charge in [0.2, 0.25) is 0 Å². The molecule has 0 radical (unpaired) electrons. The number of benzene rings is 1. The second-order valence-electron chi connectivity index (χ2n) is 8.06. The number of aromatic amines is 1. The van der Waals surface area contributed by atoms with Crippen LogP contribution in [-0.4, -0.2) is 92.5 Å². The number of ether oxygens (including phenoxy) is 2. The summed E-state index contributed by atoms with van der Waals surface area (Å²) in [4.78, 5) is 53.7. The summed E-state index contributed by atoms with van der Waals surface area (Å²) in [6, 6.07) is 9.13. The second kappa shape index (κ2) is 9.49. The first-order valence-corrected chi connectivity index (χ1v) is 11.2. The molecular formula is C24H23N7O5. The zero-order chi connectivity index (χ0) is 25.2. The van der Waals surface area contributed by atoms with E-state index < -0.39 is 11.7 Å². The van der Waals surface area contributed by atoms with Crippen LogP contribution in [0.4, 0.5) is 0 Å². The molecule has 1 saturated heterocycles. The van der Waals surface area contributed by atoms with Gasteiger partial charge in [-0.3, -0.25) is 14.4 Å². The molecule has 1 aromatic carbocycles. The summed E-state index contributed by atoms with van der Waals surface area (Å²) in [6.45, 7) is 1.20. The largest absolute Gasteiger partial charge is 0.494 e. The van der Waals surface area contributed by atoms with E-state index in [0.29, 0.717) is 41.1 Å². The van der Waals surface area contributed by atoms with Crippen molar-refractivity contribution in [2.24, 2.45) is 0 Å². The number of carbonyl (C=O) groups excluding carboxylic acids is 3. The van der Waals surface area contributed by atoms with Gasteiger partial charge in [0.15, 0.2) is 5.82 Å². The smallest absolute Gasteiger partial charge is 0.335 e. The van der Waals surface area contributed by atoms with E-state index in [1.807, 2.05) is 6.07 Å². The number of pyridine rings is 1. The Morgan fingerprint density at radius 3 is 2.33 bits per heavy atom. The van der Waals surface area contributed by atoms with Gasteiger partial charge in [-0.1, -0.05) is 18.2 Å². The third kappa shape index (κ3) is 4.02. The molecule has 12 nitrogen and oxygen atoms in total. The number of piperazine rings is 1.